The Labute approximate surface area is 157 Å². The van der Waals surface area contributed by atoms with Gasteiger partial charge in [0, 0.05) is 29.2 Å². The summed E-state index contributed by atoms with van der Waals surface area (Å²) in [6.07, 6.45) is 2.42. The van der Waals surface area contributed by atoms with Gasteiger partial charge in [-0.25, -0.2) is 9.59 Å². The fourth-order valence-corrected chi connectivity index (χ4v) is 1.43. The van der Waals surface area contributed by atoms with Gasteiger partial charge in [0.05, 0.1) is 26.3 Å². The van der Waals surface area contributed by atoms with E-state index in [9.17, 15) is 19.8 Å². The zero-order valence-corrected chi connectivity index (χ0v) is 15.8. The first kappa shape index (κ1) is 25.1. The third kappa shape index (κ3) is 10.4. The van der Waals surface area contributed by atoms with Gasteiger partial charge in [0.15, 0.2) is 0 Å². The van der Waals surface area contributed by atoms with Crippen LogP contribution in [0, 0.1) is 0 Å². The maximum Gasteiger partial charge on any atom is 0.343 e. The molecule has 0 saturated heterocycles. The van der Waals surface area contributed by atoms with Gasteiger partial charge < -0.3 is 19.7 Å². The predicted molar refractivity (Wildman–Crippen MR) is 90.6 cm³/mol. The topological polar surface area (TPSA) is 118 Å². The average molecular weight is 399 g/mol. The van der Waals surface area contributed by atoms with Crippen molar-refractivity contribution in [3.05, 3.63) is 22.7 Å². The number of carbonyl (C=O) groups is 2. The number of hydrogen-bond acceptors (Lipinski definition) is 8. The van der Waals surface area contributed by atoms with Crippen molar-refractivity contribution in [2.24, 2.45) is 9.98 Å². The van der Waals surface area contributed by atoms with E-state index in [2.05, 4.69) is 9.98 Å². The molecule has 9 heteroatoms. The maximum absolute atomic E-state index is 11.6. The third-order valence-electron chi connectivity index (χ3n) is 2.57. The van der Waals surface area contributed by atoms with Crippen molar-refractivity contribution in [2.45, 2.75) is 27.7 Å². The first-order valence-electron chi connectivity index (χ1n) is 7.48. The van der Waals surface area contributed by atoms with Gasteiger partial charge >= 0.3 is 11.9 Å². The largest absolute Gasteiger partial charge is 0.512 e. The van der Waals surface area contributed by atoms with Crippen molar-refractivity contribution < 1.29 is 46.1 Å². The molecule has 25 heavy (non-hydrogen) atoms. The molecule has 0 aromatic heterocycles. The van der Waals surface area contributed by atoms with Crippen LogP contribution < -0.4 is 0 Å². The summed E-state index contributed by atoms with van der Waals surface area (Å²) in [5.41, 5.74) is -0.0571. The molecule has 0 saturated carbocycles. The number of rotatable bonds is 9. The number of ether oxygens (including phenoxy) is 2. The quantitative estimate of drug-likeness (QED) is 0.201. The Bertz CT molecular complexity index is 509. The number of hydrogen-bond donors (Lipinski definition) is 2. The number of aliphatic imine (C=N–C) groups is 2. The van der Waals surface area contributed by atoms with E-state index >= 15 is 0 Å². The molecule has 1 radical (unpaired) electrons. The molecule has 0 aliphatic carbocycles. The van der Waals surface area contributed by atoms with Gasteiger partial charge in [0.1, 0.15) is 22.7 Å². The normalized spacial score (nSPS) is 13.1. The van der Waals surface area contributed by atoms with E-state index in [1.54, 1.807) is 13.8 Å². The Kier molecular flexibility index (Phi) is 14.3. The number of carbonyl (C=O) groups excluding carboxylic acids is 2. The van der Waals surface area contributed by atoms with Crippen molar-refractivity contribution in [3.63, 3.8) is 0 Å². The number of allylic oxidation sites excluding steroid dienone is 2. The summed E-state index contributed by atoms with van der Waals surface area (Å²) in [7, 11) is 0. The number of nitrogens with zero attached hydrogens (tertiary/aromatic N) is 2. The SMILES string of the molecule is CCOC(=O)/C(C=NCCN=C/C(C(=O)OCC)=C(/C)O)=C(\C)O.[Co]. The van der Waals surface area contributed by atoms with Gasteiger partial charge in [-0.3, -0.25) is 9.98 Å². The van der Waals surface area contributed by atoms with Crippen molar-refractivity contribution >= 4 is 24.4 Å². The van der Waals surface area contributed by atoms with Crippen LogP contribution in [-0.2, 0) is 35.8 Å². The summed E-state index contributed by atoms with van der Waals surface area (Å²) in [6.45, 7) is 6.85. The first-order chi connectivity index (χ1) is 11.3. The smallest absolute Gasteiger partial charge is 0.343 e. The molecule has 8 nitrogen and oxygen atoms in total. The molecule has 0 aromatic rings. The number of aliphatic hydroxyl groups is 2. The van der Waals surface area contributed by atoms with E-state index < -0.39 is 11.9 Å². The Balaban J connectivity index is 0. The van der Waals surface area contributed by atoms with Gasteiger partial charge in [0.2, 0.25) is 0 Å². The summed E-state index contributed by atoms with van der Waals surface area (Å²) in [6, 6.07) is 0. The minimum atomic E-state index is -0.659. The molecular formula is C16H24CoN2O6. The Morgan fingerprint density at radius 2 is 1.16 bits per heavy atom. The van der Waals surface area contributed by atoms with Gasteiger partial charge in [0.25, 0.3) is 0 Å². The molecule has 0 rings (SSSR count). The Morgan fingerprint density at radius 3 is 1.40 bits per heavy atom. The summed E-state index contributed by atoms with van der Waals surface area (Å²) >= 11 is 0. The van der Waals surface area contributed by atoms with Crippen LogP contribution in [0.3, 0.4) is 0 Å². The standard InChI is InChI=1S/C16H24N2O6.Co/c1-5-23-15(21)13(11(3)19)9-17-7-8-18-10-14(12(4)20)16(22)24-6-2;/h9-10,19-20H,5-8H2,1-4H3;/b13-11+,14-12+,17-9?,18-10?;. The van der Waals surface area contributed by atoms with E-state index in [0.29, 0.717) is 0 Å². The molecule has 0 aliphatic heterocycles. The molecule has 0 aromatic carbocycles. The molecule has 0 aliphatic rings. The van der Waals surface area contributed by atoms with Crippen molar-refractivity contribution in [3.8, 4) is 0 Å². The molecule has 2 N–H and O–H groups in total. The molecule has 0 bridgehead atoms. The molecule has 0 spiro atoms. The van der Waals surface area contributed by atoms with E-state index in [0.717, 1.165) is 0 Å². The monoisotopic (exact) mass is 399 g/mol. The third-order valence-corrected chi connectivity index (χ3v) is 2.57. The van der Waals surface area contributed by atoms with Gasteiger partial charge in [-0.05, 0) is 27.7 Å². The number of esters is 2. The predicted octanol–water partition coefficient (Wildman–Crippen LogP) is 1.92. The van der Waals surface area contributed by atoms with Crippen LogP contribution in [0.4, 0.5) is 0 Å². The fraction of sp³-hybridized carbons (Fsp3) is 0.500. The minimum Gasteiger partial charge on any atom is -0.512 e. The fourth-order valence-electron chi connectivity index (χ4n) is 1.43. The summed E-state index contributed by atoms with van der Waals surface area (Å²) in [5, 5.41) is 18.9. The van der Waals surface area contributed by atoms with E-state index in [4.69, 9.17) is 9.47 Å². The number of aliphatic hydroxyl groups excluding tert-OH is 2. The van der Waals surface area contributed by atoms with Crippen LogP contribution in [0.2, 0.25) is 0 Å². The van der Waals surface area contributed by atoms with Crippen LogP contribution in [0.25, 0.3) is 0 Å². The molecule has 0 amide bonds. The van der Waals surface area contributed by atoms with E-state index in [1.165, 1.54) is 26.3 Å². The second kappa shape index (κ2) is 14.2. The summed E-state index contributed by atoms with van der Waals surface area (Å²) in [4.78, 5) is 31.1. The molecular weight excluding hydrogens is 375 g/mol. The van der Waals surface area contributed by atoms with Crippen molar-refractivity contribution in [1.29, 1.82) is 0 Å². The molecule has 0 fully saturated rings. The maximum atomic E-state index is 11.6. The van der Waals surface area contributed by atoms with Crippen LogP contribution in [0.5, 0.6) is 0 Å². The van der Waals surface area contributed by atoms with Crippen LogP contribution in [0.15, 0.2) is 32.6 Å². The van der Waals surface area contributed by atoms with Crippen LogP contribution in [-0.4, -0.2) is 60.9 Å². The average Bonchev–Trinajstić information content (AvgIpc) is 2.49. The van der Waals surface area contributed by atoms with Gasteiger partial charge in [-0.15, -0.1) is 0 Å². The minimum absolute atomic E-state index is 0. The Hall–Kier alpha value is -2.13. The van der Waals surface area contributed by atoms with E-state index in [-0.39, 0.29) is 65.7 Å². The second-order valence-corrected chi connectivity index (χ2v) is 4.51. The molecule has 0 atom stereocenters. The first-order valence-corrected chi connectivity index (χ1v) is 7.48. The van der Waals surface area contributed by atoms with Crippen LogP contribution in [0.1, 0.15) is 27.7 Å². The molecule has 143 valence electrons. The zero-order valence-electron chi connectivity index (χ0n) is 14.7. The molecule has 0 unspecified atom stereocenters. The summed E-state index contributed by atoms with van der Waals surface area (Å²) < 4.78 is 9.58. The van der Waals surface area contributed by atoms with Gasteiger partial charge in [-0.1, -0.05) is 0 Å². The van der Waals surface area contributed by atoms with Crippen molar-refractivity contribution in [2.75, 3.05) is 26.3 Å². The van der Waals surface area contributed by atoms with Crippen molar-refractivity contribution in [1.82, 2.24) is 0 Å². The second-order valence-electron chi connectivity index (χ2n) is 4.51. The molecule has 0 heterocycles. The zero-order chi connectivity index (χ0) is 18.5. The van der Waals surface area contributed by atoms with Gasteiger partial charge in [-0.2, -0.15) is 0 Å². The van der Waals surface area contributed by atoms with Crippen LogP contribution >= 0.6 is 0 Å². The Morgan fingerprint density at radius 1 is 0.840 bits per heavy atom. The van der Waals surface area contributed by atoms with E-state index in [1.807, 2.05) is 0 Å². The summed E-state index contributed by atoms with van der Waals surface area (Å²) in [5.74, 6) is -1.70.